The molecule has 3 heterocycles. The summed E-state index contributed by atoms with van der Waals surface area (Å²) in [7, 11) is 1.38. The van der Waals surface area contributed by atoms with Gasteiger partial charge in [-0.15, -0.1) is 24.8 Å². The van der Waals surface area contributed by atoms with Gasteiger partial charge in [-0.2, -0.15) is 4.98 Å². The molecule has 2 aliphatic heterocycles. The minimum Gasteiger partial charge on any atom is -0.477 e. The number of aromatic nitrogens is 1. The van der Waals surface area contributed by atoms with E-state index >= 15 is 0 Å². The lowest BCUT2D eigenvalue weighted by atomic mass is 9.91. The van der Waals surface area contributed by atoms with E-state index in [2.05, 4.69) is 27.3 Å². The maximum atomic E-state index is 13.0. The third-order valence-electron chi connectivity index (χ3n) is 6.71. The summed E-state index contributed by atoms with van der Waals surface area (Å²) in [5.74, 6) is 0.919. The second kappa shape index (κ2) is 14.4. The van der Waals surface area contributed by atoms with Crippen molar-refractivity contribution in [2.75, 3.05) is 44.8 Å². The van der Waals surface area contributed by atoms with E-state index in [-0.39, 0.29) is 49.2 Å². The molecular formula is C26H36Cl2N4O5. The number of amides is 1. The van der Waals surface area contributed by atoms with Gasteiger partial charge >= 0.3 is 6.09 Å². The van der Waals surface area contributed by atoms with Crippen LogP contribution in [0.4, 0.5) is 10.6 Å². The molecule has 2 atom stereocenters. The Morgan fingerprint density at radius 2 is 1.81 bits per heavy atom. The average molecular weight is 556 g/mol. The first kappa shape index (κ1) is 30.6. The highest BCUT2D eigenvalue weighted by Crippen LogP contribution is 2.25. The first-order chi connectivity index (χ1) is 17.0. The Hall–Kier alpha value is -2.59. The highest BCUT2D eigenvalue weighted by molar-refractivity contribution is 5.98. The Bertz CT molecular complexity index is 1050. The molecule has 9 nitrogen and oxygen atoms in total. The fourth-order valence-electron chi connectivity index (χ4n) is 4.68. The summed E-state index contributed by atoms with van der Waals surface area (Å²) in [6.07, 6.45) is 0.362. The van der Waals surface area contributed by atoms with Gasteiger partial charge < -0.3 is 29.7 Å². The molecule has 2 aliphatic rings. The third kappa shape index (κ3) is 7.47. The Kier molecular flexibility index (Phi) is 11.9. The second-order valence-corrected chi connectivity index (χ2v) is 8.89. The molecule has 204 valence electrons. The molecule has 2 aromatic rings. The van der Waals surface area contributed by atoms with Crippen LogP contribution in [0, 0.1) is 0 Å². The number of anilines is 1. The number of halogens is 2. The molecule has 1 amide bonds. The monoisotopic (exact) mass is 554 g/mol. The summed E-state index contributed by atoms with van der Waals surface area (Å²) in [6, 6.07) is 11.7. The number of aliphatic hydroxyl groups is 1. The fourth-order valence-corrected chi connectivity index (χ4v) is 4.68. The van der Waals surface area contributed by atoms with Gasteiger partial charge in [0, 0.05) is 45.2 Å². The number of aliphatic hydroxyl groups excluding tert-OH is 1. The van der Waals surface area contributed by atoms with Crippen molar-refractivity contribution in [1.29, 1.82) is 0 Å². The number of ketones is 1. The predicted molar refractivity (Wildman–Crippen MR) is 146 cm³/mol. The fraction of sp³-hybridized carbons (Fsp3) is 0.500. The van der Waals surface area contributed by atoms with E-state index in [1.54, 1.807) is 11.0 Å². The molecule has 0 bridgehead atoms. The standard InChI is InChI=1S/C26H34N4O5.2ClH/c1-3-35-25-20(8-11-24(28-25)29-12-14-30(15-13-29)26(33)34-2)22(31)9-10-23(32)21-16-18-6-4-5-7-19(18)17-27-21;;/h4-8,11,21,23,27,32H,3,9-10,12-17H2,1-2H3;2*1H/t21-,23+;;/m0../s1. The number of methoxy groups -OCH3 is 1. The number of pyridine rings is 1. The van der Waals surface area contributed by atoms with E-state index in [9.17, 15) is 14.7 Å². The first-order valence-electron chi connectivity index (χ1n) is 12.2. The smallest absolute Gasteiger partial charge is 0.409 e. The van der Waals surface area contributed by atoms with E-state index in [1.807, 2.05) is 25.1 Å². The van der Waals surface area contributed by atoms with Gasteiger partial charge in [-0.05, 0) is 43.0 Å². The van der Waals surface area contributed by atoms with Crippen molar-refractivity contribution in [2.45, 2.75) is 44.9 Å². The topological polar surface area (TPSA) is 104 Å². The average Bonchev–Trinajstić information content (AvgIpc) is 2.91. The number of hydrogen-bond acceptors (Lipinski definition) is 8. The molecule has 0 saturated carbocycles. The number of ether oxygens (including phenoxy) is 2. The second-order valence-electron chi connectivity index (χ2n) is 8.89. The van der Waals surface area contributed by atoms with Crippen LogP contribution in [0.3, 0.4) is 0 Å². The third-order valence-corrected chi connectivity index (χ3v) is 6.71. The maximum Gasteiger partial charge on any atom is 0.409 e. The summed E-state index contributed by atoms with van der Waals surface area (Å²) in [6.45, 7) is 5.27. The van der Waals surface area contributed by atoms with Crippen LogP contribution in [0.15, 0.2) is 36.4 Å². The molecule has 0 spiro atoms. The number of benzene rings is 1. The molecular weight excluding hydrogens is 519 g/mol. The molecule has 37 heavy (non-hydrogen) atoms. The quantitative estimate of drug-likeness (QED) is 0.479. The summed E-state index contributed by atoms with van der Waals surface area (Å²) >= 11 is 0. The van der Waals surface area contributed by atoms with Crippen LogP contribution in [0.25, 0.3) is 0 Å². The molecule has 1 saturated heterocycles. The zero-order valence-electron chi connectivity index (χ0n) is 21.2. The molecule has 1 aromatic carbocycles. The number of fused-ring (bicyclic) bond motifs is 1. The Balaban J connectivity index is 0.00000241. The van der Waals surface area contributed by atoms with Crippen LogP contribution >= 0.6 is 24.8 Å². The zero-order valence-corrected chi connectivity index (χ0v) is 22.9. The molecule has 0 radical (unpaired) electrons. The minimum absolute atomic E-state index is 0. The molecule has 1 aromatic heterocycles. The van der Waals surface area contributed by atoms with E-state index in [0.717, 1.165) is 13.0 Å². The summed E-state index contributed by atoms with van der Waals surface area (Å²) in [5, 5.41) is 14.1. The lowest BCUT2D eigenvalue weighted by molar-refractivity contribution is 0.0873. The van der Waals surface area contributed by atoms with Crippen LogP contribution in [-0.2, 0) is 17.7 Å². The van der Waals surface area contributed by atoms with Gasteiger partial charge in [-0.3, -0.25) is 4.79 Å². The van der Waals surface area contributed by atoms with E-state index in [0.29, 0.717) is 56.5 Å². The largest absolute Gasteiger partial charge is 0.477 e. The van der Waals surface area contributed by atoms with Crippen molar-refractivity contribution >= 4 is 42.5 Å². The van der Waals surface area contributed by atoms with Crippen LogP contribution in [-0.4, -0.2) is 78.9 Å². The number of carbonyl (C=O) groups is 2. The first-order valence-corrected chi connectivity index (χ1v) is 12.2. The molecule has 2 N–H and O–H groups in total. The van der Waals surface area contributed by atoms with E-state index in [4.69, 9.17) is 9.47 Å². The van der Waals surface area contributed by atoms with Crippen molar-refractivity contribution in [3.8, 4) is 5.88 Å². The van der Waals surface area contributed by atoms with Gasteiger partial charge in [-0.1, -0.05) is 24.3 Å². The maximum absolute atomic E-state index is 13.0. The highest BCUT2D eigenvalue weighted by atomic mass is 35.5. The normalized spacial score (nSPS) is 17.5. The van der Waals surface area contributed by atoms with E-state index in [1.165, 1.54) is 18.2 Å². The van der Waals surface area contributed by atoms with Gasteiger partial charge in [0.05, 0.1) is 25.4 Å². The van der Waals surface area contributed by atoms with Crippen LogP contribution in [0.5, 0.6) is 5.88 Å². The number of Topliss-reactive ketones (excluding diaryl/α,β-unsaturated/α-hetero) is 1. The summed E-state index contributed by atoms with van der Waals surface area (Å²) < 4.78 is 10.5. The summed E-state index contributed by atoms with van der Waals surface area (Å²) in [5.41, 5.74) is 2.93. The Morgan fingerprint density at radius 1 is 1.11 bits per heavy atom. The SMILES string of the molecule is CCOc1nc(N2CCN(C(=O)OC)CC2)ccc1C(=O)CC[C@@H](O)[C@@H]1Cc2ccccc2CN1.Cl.Cl. The van der Waals surface area contributed by atoms with Crippen molar-refractivity contribution < 1.29 is 24.2 Å². The van der Waals surface area contributed by atoms with Gasteiger partial charge in [-0.25, -0.2) is 4.79 Å². The van der Waals surface area contributed by atoms with Crippen molar-refractivity contribution in [2.24, 2.45) is 0 Å². The number of piperazine rings is 1. The summed E-state index contributed by atoms with van der Waals surface area (Å²) in [4.78, 5) is 33.1. The highest BCUT2D eigenvalue weighted by Gasteiger charge is 2.27. The Morgan fingerprint density at radius 3 is 2.49 bits per heavy atom. The van der Waals surface area contributed by atoms with Gasteiger partial charge in [0.25, 0.3) is 0 Å². The van der Waals surface area contributed by atoms with Crippen LogP contribution in [0.1, 0.15) is 41.3 Å². The lowest BCUT2D eigenvalue weighted by Gasteiger charge is -2.34. The van der Waals surface area contributed by atoms with E-state index < -0.39 is 6.10 Å². The van der Waals surface area contributed by atoms with Crippen LogP contribution in [0.2, 0.25) is 0 Å². The Labute approximate surface area is 230 Å². The number of nitrogens with one attached hydrogen (secondary N) is 1. The molecule has 11 heteroatoms. The molecule has 4 rings (SSSR count). The number of nitrogens with zero attached hydrogens (tertiary/aromatic N) is 3. The van der Waals surface area contributed by atoms with Crippen molar-refractivity contribution in [3.05, 3.63) is 53.1 Å². The number of hydrogen-bond donors (Lipinski definition) is 2. The molecule has 0 unspecified atom stereocenters. The molecule has 0 aliphatic carbocycles. The zero-order chi connectivity index (χ0) is 24.8. The van der Waals surface area contributed by atoms with Gasteiger partial charge in [0.15, 0.2) is 5.78 Å². The number of rotatable bonds is 8. The van der Waals surface area contributed by atoms with Gasteiger partial charge in [0.2, 0.25) is 5.88 Å². The van der Waals surface area contributed by atoms with Gasteiger partial charge in [0.1, 0.15) is 5.82 Å². The lowest BCUT2D eigenvalue weighted by Crippen LogP contribution is -2.49. The predicted octanol–water partition coefficient (Wildman–Crippen LogP) is 3.25. The number of carbonyl (C=O) groups excluding carboxylic acids is 2. The molecule has 1 fully saturated rings. The minimum atomic E-state index is -0.624. The van der Waals surface area contributed by atoms with Crippen molar-refractivity contribution in [3.63, 3.8) is 0 Å². The van der Waals surface area contributed by atoms with Crippen LogP contribution < -0.4 is 15.0 Å². The van der Waals surface area contributed by atoms with Crippen molar-refractivity contribution in [1.82, 2.24) is 15.2 Å².